The first-order valence-electron chi connectivity index (χ1n) is 10.3. The minimum absolute atomic E-state index is 0.0101. The van der Waals surface area contributed by atoms with Gasteiger partial charge in [0.25, 0.3) is 0 Å². The maximum atomic E-state index is 13.2. The zero-order chi connectivity index (χ0) is 22.4. The van der Waals surface area contributed by atoms with Gasteiger partial charge in [-0.2, -0.15) is 4.31 Å². The van der Waals surface area contributed by atoms with Crippen molar-refractivity contribution in [1.29, 1.82) is 0 Å². The molecular formula is C21H37N5O3S. The van der Waals surface area contributed by atoms with Crippen LogP contribution in [0.15, 0.2) is 34.2 Å². The van der Waals surface area contributed by atoms with Crippen molar-refractivity contribution in [3.63, 3.8) is 0 Å². The predicted molar refractivity (Wildman–Crippen MR) is 121 cm³/mol. The quantitative estimate of drug-likeness (QED) is 0.493. The van der Waals surface area contributed by atoms with Gasteiger partial charge in [-0.1, -0.05) is 39.0 Å². The van der Waals surface area contributed by atoms with Gasteiger partial charge in [0.15, 0.2) is 5.96 Å². The molecule has 8 nitrogen and oxygen atoms in total. The first-order valence-corrected chi connectivity index (χ1v) is 11.8. The normalized spacial score (nSPS) is 18.3. The molecule has 1 unspecified atom stereocenters. The Morgan fingerprint density at radius 2 is 1.80 bits per heavy atom. The predicted octanol–water partition coefficient (Wildman–Crippen LogP) is 1.35. The molecule has 0 radical (unpaired) electrons. The number of hydrogen-bond donors (Lipinski definition) is 2. The number of aliphatic imine (C=N–C) groups is 1. The molecule has 1 saturated heterocycles. The molecule has 0 saturated carbocycles. The summed E-state index contributed by atoms with van der Waals surface area (Å²) in [4.78, 5) is 6.74. The average Bonchev–Trinajstić information content (AvgIpc) is 2.70. The van der Waals surface area contributed by atoms with E-state index in [4.69, 9.17) is 4.74 Å². The molecule has 1 aliphatic rings. The van der Waals surface area contributed by atoms with Crippen LogP contribution in [0.1, 0.15) is 26.3 Å². The summed E-state index contributed by atoms with van der Waals surface area (Å²) in [6, 6.07) is 7.15. The van der Waals surface area contributed by atoms with Crippen LogP contribution in [0.2, 0.25) is 0 Å². The van der Waals surface area contributed by atoms with Crippen LogP contribution in [-0.4, -0.2) is 83.6 Å². The monoisotopic (exact) mass is 439 g/mol. The lowest BCUT2D eigenvalue weighted by Crippen LogP contribution is -2.47. The van der Waals surface area contributed by atoms with E-state index in [0.717, 1.165) is 18.7 Å². The minimum Gasteiger partial charge on any atom is -0.379 e. The van der Waals surface area contributed by atoms with E-state index in [1.165, 1.54) is 0 Å². The topological polar surface area (TPSA) is 86.3 Å². The van der Waals surface area contributed by atoms with Crippen LogP contribution in [0.3, 0.4) is 0 Å². The summed E-state index contributed by atoms with van der Waals surface area (Å²) >= 11 is 0. The Hall–Kier alpha value is -1.68. The van der Waals surface area contributed by atoms with Gasteiger partial charge in [0, 0.05) is 53.4 Å². The van der Waals surface area contributed by atoms with Crippen LogP contribution in [0.25, 0.3) is 0 Å². The molecule has 170 valence electrons. The van der Waals surface area contributed by atoms with E-state index in [9.17, 15) is 8.42 Å². The van der Waals surface area contributed by atoms with Gasteiger partial charge in [-0.25, -0.2) is 8.42 Å². The highest BCUT2D eigenvalue weighted by molar-refractivity contribution is 7.89. The number of guanidine groups is 1. The Morgan fingerprint density at radius 3 is 2.37 bits per heavy atom. The van der Waals surface area contributed by atoms with E-state index < -0.39 is 10.0 Å². The van der Waals surface area contributed by atoms with E-state index in [-0.39, 0.29) is 11.5 Å². The second-order valence-corrected chi connectivity index (χ2v) is 10.6. The molecule has 9 heteroatoms. The highest BCUT2D eigenvalue weighted by atomic mass is 32.2. The van der Waals surface area contributed by atoms with Crippen molar-refractivity contribution >= 4 is 16.0 Å². The third kappa shape index (κ3) is 6.41. The highest BCUT2D eigenvalue weighted by Crippen LogP contribution is 2.22. The number of hydrogen-bond acceptors (Lipinski definition) is 5. The molecule has 30 heavy (non-hydrogen) atoms. The van der Waals surface area contributed by atoms with E-state index in [0.29, 0.717) is 37.0 Å². The second kappa shape index (κ2) is 10.6. The summed E-state index contributed by atoms with van der Waals surface area (Å²) in [7, 11) is 1.87. The average molecular weight is 440 g/mol. The summed E-state index contributed by atoms with van der Waals surface area (Å²) < 4.78 is 33.6. The summed E-state index contributed by atoms with van der Waals surface area (Å²) in [6.07, 6.45) is 0.0148. The fourth-order valence-electron chi connectivity index (χ4n) is 3.40. The summed E-state index contributed by atoms with van der Waals surface area (Å²) in [6.45, 7) is 9.83. The van der Waals surface area contributed by atoms with Crippen LogP contribution in [0.4, 0.5) is 0 Å². The van der Waals surface area contributed by atoms with Gasteiger partial charge < -0.3 is 20.3 Å². The lowest BCUT2D eigenvalue weighted by atomic mass is 9.89. The van der Waals surface area contributed by atoms with Crippen LogP contribution < -0.4 is 10.6 Å². The highest BCUT2D eigenvalue weighted by Gasteiger charge is 2.29. The number of nitrogens with zero attached hydrogens (tertiary/aromatic N) is 3. The molecular weight excluding hydrogens is 402 g/mol. The van der Waals surface area contributed by atoms with Gasteiger partial charge in [-0.15, -0.1) is 0 Å². The van der Waals surface area contributed by atoms with Crippen molar-refractivity contribution in [2.45, 2.75) is 38.3 Å². The van der Waals surface area contributed by atoms with Gasteiger partial charge in [-0.3, -0.25) is 4.99 Å². The number of piperazine rings is 1. The third-order valence-electron chi connectivity index (χ3n) is 5.43. The largest absolute Gasteiger partial charge is 0.379 e. The molecule has 1 fully saturated rings. The van der Waals surface area contributed by atoms with Crippen LogP contribution in [0.5, 0.6) is 0 Å². The van der Waals surface area contributed by atoms with E-state index in [1.54, 1.807) is 30.6 Å². The van der Waals surface area contributed by atoms with Gasteiger partial charge in [0.05, 0.1) is 11.0 Å². The van der Waals surface area contributed by atoms with Crippen molar-refractivity contribution in [2.75, 3.05) is 53.9 Å². The number of likely N-dealkylation sites (N-methyl/N-ethyl adjacent to an activating group) is 1. The standard InChI is InChI=1S/C21H37N5O3S/c1-21(2,3)19(29-6)16-24-20(22-4)23-15-17-9-7-8-10-18(17)30(27,28)26-13-11-25(5)12-14-26/h7-10,19H,11-16H2,1-6H3,(H2,22,23,24). The summed E-state index contributed by atoms with van der Waals surface area (Å²) in [5.41, 5.74) is 0.711. The van der Waals surface area contributed by atoms with Crippen LogP contribution in [0, 0.1) is 5.41 Å². The van der Waals surface area contributed by atoms with Crippen molar-refractivity contribution in [2.24, 2.45) is 10.4 Å². The maximum absolute atomic E-state index is 13.2. The molecule has 0 aliphatic carbocycles. The van der Waals surface area contributed by atoms with Crippen molar-refractivity contribution in [1.82, 2.24) is 19.8 Å². The Labute approximate surface area is 181 Å². The SMILES string of the molecule is CN=C(NCc1ccccc1S(=O)(=O)N1CCN(C)CC1)NCC(OC)C(C)(C)C. The number of sulfonamides is 1. The molecule has 2 rings (SSSR count). The molecule has 1 heterocycles. The molecule has 2 N–H and O–H groups in total. The van der Waals surface area contributed by atoms with Gasteiger partial charge in [0.2, 0.25) is 10.0 Å². The second-order valence-electron chi connectivity index (χ2n) is 8.71. The van der Waals surface area contributed by atoms with Crippen molar-refractivity contribution in [3.05, 3.63) is 29.8 Å². The smallest absolute Gasteiger partial charge is 0.243 e. The zero-order valence-corrected chi connectivity index (χ0v) is 19.9. The molecule has 1 aliphatic heterocycles. The molecule has 1 atom stereocenters. The Morgan fingerprint density at radius 1 is 1.17 bits per heavy atom. The molecule has 1 aromatic rings. The van der Waals surface area contributed by atoms with E-state index >= 15 is 0 Å². The van der Waals surface area contributed by atoms with E-state index in [2.05, 4.69) is 41.3 Å². The number of benzene rings is 1. The maximum Gasteiger partial charge on any atom is 0.243 e. The number of nitrogens with one attached hydrogen (secondary N) is 2. The van der Waals surface area contributed by atoms with Crippen molar-refractivity contribution in [3.8, 4) is 0 Å². The molecule has 0 amide bonds. The Kier molecular flexibility index (Phi) is 8.66. The molecule has 1 aromatic carbocycles. The number of methoxy groups -OCH3 is 1. The van der Waals surface area contributed by atoms with E-state index in [1.807, 2.05) is 19.2 Å². The lowest BCUT2D eigenvalue weighted by Gasteiger charge is -2.32. The summed E-state index contributed by atoms with van der Waals surface area (Å²) in [5.74, 6) is 0.605. The number of ether oxygens (including phenoxy) is 1. The molecule has 0 spiro atoms. The fraction of sp³-hybridized carbons (Fsp3) is 0.667. The first kappa shape index (κ1) is 24.6. The Bertz CT molecular complexity index is 812. The third-order valence-corrected chi connectivity index (χ3v) is 7.43. The summed E-state index contributed by atoms with van der Waals surface area (Å²) in [5, 5.41) is 6.50. The minimum atomic E-state index is -3.53. The van der Waals surface area contributed by atoms with Crippen LogP contribution >= 0.6 is 0 Å². The molecule has 0 aromatic heterocycles. The van der Waals surface area contributed by atoms with Crippen LogP contribution in [-0.2, 0) is 21.3 Å². The van der Waals surface area contributed by atoms with Gasteiger partial charge in [-0.05, 0) is 24.1 Å². The molecule has 0 bridgehead atoms. The first-order chi connectivity index (χ1) is 14.1. The van der Waals surface area contributed by atoms with Gasteiger partial charge >= 0.3 is 0 Å². The van der Waals surface area contributed by atoms with Crippen molar-refractivity contribution < 1.29 is 13.2 Å². The number of rotatable bonds is 7. The zero-order valence-electron chi connectivity index (χ0n) is 19.1. The lowest BCUT2D eigenvalue weighted by molar-refractivity contribution is 0.0205. The fourth-order valence-corrected chi connectivity index (χ4v) is 5.05. The van der Waals surface area contributed by atoms with Gasteiger partial charge in [0.1, 0.15) is 0 Å². The Balaban J connectivity index is 2.07.